The van der Waals surface area contributed by atoms with E-state index in [0.717, 1.165) is 17.2 Å². The minimum atomic E-state index is -4.56. The second-order valence-corrected chi connectivity index (χ2v) is 7.25. The fourth-order valence-electron chi connectivity index (χ4n) is 4.17. The molecule has 0 aliphatic heterocycles. The maximum atomic E-state index is 14.2. The average molecular weight is 405 g/mol. The number of aromatic nitrogens is 1. The topological polar surface area (TPSA) is 12.9 Å². The van der Waals surface area contributed by atoms with Crippen LogP contribution in [0.4, 0.5) is 17.6 Å². The molecule has 0 bridgehead atoms. The molecular formula is C25H15F4N. The summed E-state index contributed by atoms with van der Waals surface area (Å²) in [6, 6.07) is 22.9. The molecule has 30 heavy (non-hydrogen) atoms. The summed E-state index contributed by atoms with van der Waals surface area (Å²) in [6.45, 7) is 0. The number of halogens is 4. The molecule has 0 spiro atoms. The maximum Gasteiger partial charge on any atom is 0.416 e. The smallest absolute Gasteiger partial charge is 0.247 e. The van der Waals surface area contributed by atoms with Gasteiger partial charge < -0.3 is 0 Å². The van der Waals surface area contributed by atoms with Crippen molar-refractivity contribution >= 4 is 0 Å². The van der Waals surface area contributed by atoms with Crippen molar-refractivity contribution in [2.24, 2.45) is 0 Å². The minimum Gasteiger partial charge on any atom is -0.247 e. The molecule has 3 aromatic carbocycles. The van der Waals surface area contributed by atoms with Gasteiger partial charge in [-0.1, -0.05) is 54.6 Å². The Balaban J connectivity index is 1.83. The number of hydrogen-bond donors (Lipinski definition) is 0. The normalized spacial score (nSPS) is 15.0. The van der Waals surface area contributed by atoms with E-state index in [4.69, 9.17) is 0 Å². The Morgan fingerprint density at radius 2 is 1.43 bits per heavy atom. The van der Waals surface area contributed by atoms with Crippen molar-refractivity contribution in [1.82, 2.24) is 4.98 Å². The second kappa shape index (κ2) is 6.80. The summed E-state index contributed by atoms with van der Waals surface area (Å²) in [7, 11) is 0. The molecule has 0 radical (unpaired) electrons. The highest BCUT2D eigenvalue weighted by Crippen LogP contribution is 2.52. The van der Waals surface area contributed by atoms with Crippen molar-refractivity contribution in [2.45, 2.75) is 12.1 Å². The fourth-order valence-corrected chi connectivity index (χ4v) is 4.17. The van der Waals surface area contributed by atoms with Gasteiger partial charge in [-0.15, -0.1) is 0 Å². The highest BCUT2D eigenvalue weighted by atomic mass is 19.4. The Hall–Kier alpha value is -3.47. The quantitative estimate of drug-likeness (QED) is 0.286. The van der Waals surface area contributed by atoms with E-state index in [1.165, 1.54) is 24.3 Å². The molecule has 1 atom stereocenters. The molecule has 5 heteroatoms. The molecule has 1 aliphatic rings. The lowest BCUT2D eigenvalue weighted by atomic mass is 9.87. The predicted molar refractivity (Wildman–Crippen MR) is 107 cm³/mol. The molecule has 0 saturated carbocycles. The Bertz CT molecular complexity index is 1230. The molecule has 1 nitrogen and oxygen atoms in total. The van der Waals surface area contributed by atoms with Gasteiger partial charge >= 0.3 is 6.18 Å². The standard InChI is InChI=1S/C25H15F4N/c26-17-12-10-15(11-13-17)21-14-20(25(27,28)29)23-22(16-6-2-1-3-7-16)18-8-4-5-9-19(18)24(23)30-21/h1-14,22H. The Morgan fingerprint density at radius 3 is 2.13 bits per heavy atom. The Kier molecular flexibility index (Phi) is 4.21. The number of pyridine rings is 1. The average Bonchev–Trinajstić information content (AvgIpc) is 3.08. The van der Waals surface area contributed by atoms with Crippen molar-refractivity contribution in [2.75, 3.05) is 0 Å². The van der Waals surface area contributed by atoms with E-state index in [1.54, 1.807) is 12.1 Å². The fraction of sp³-hybridized carbons (Fsp3) is 0.0800. The van der Waals surface area contributed by atoms with Crippen LogP contribution in [0.1, 0.15) is 28.2 Å². The van der Waals surface area contributed by atoms with E-state index in [9.17, 15) is 17.6 Å². The van der Waals surface area contributed by atoms with Gasteiger partial charge in [0.1, 0.15) is 5.82 Å². The van der Waals surface area contributed by atoms with Crippen LogP contribution >= 0.6 is 0 Å². The molecule has 1 heterocycles. The number of rotatable bonds is 2. The van der Waals surface area contributed by atoms with E-state index < -0.39 is 23.5 Å². The third-order valence-electron chi connectivity index (χ3n) is 5.45. The molecule has 0 fully saturated rings. The first-order valence-corrected chi connectivity index (χ1v) is 9.46. The monoisotopic (exact) mass is 405 g/mol. The Morgan fingerprint density at radius 1 is 0.767 bits per heavy atom. The zero-order valence-corrected chi connectivity index (χ0v) is 15.6. The van der Waals surface area contributed by atoms with E-state index in [1.807, 2.05) is 42.5 Å². The van der Waals surface area contributed by atoms with Gasteiger partial charge in [-0.05, 0) is 41.5 Å². The van der Waals surface area contributed by atoms with Crippen molar-refractivity contribution in [3.05, 3.63) is 113 Å². The van der Waals surface area contributed by atoms with Crippen LogP contribution < -0.4 is 0 Å². The van der Waals surface area contributed by atoms with E-state index in [-0.39, 0.29) is 11.3 Å². The molecular weight excluding hydrogens is 390 g/mol. The molecule has 4 aromatic rings. The number of nitrogens with zero attached hydrogens (tertiary/aromatic N) is 1. The zero-order valence-electron chi connectivity index (χ0n) is 15.6. The molecule has 0 amide bonds. The van der Waals surface area contributed by atoms with Gasteiger partial charge in [0.05, 0.1) is 17.0 Å². The first-order chi connectivity index (χ1) is 14.4. The van der Waals surface area contributed by atoms with Crippen LogP contribution in [-0.2, 0) is 6.18 Å². The molecule has 5 rings (SSSR count). The second-order valence-electron chi connectivity index (χ2n) is 7.25. The lowest BCUT2D eigenvalue weighted by Gasteiger charge is -2.20. The van der Waals surface area contributed by atoms with Crippen LogP contribution in [0.25, 0.3) is 22.5 Å². The summed E-state index contributed by atoms with van der Waals surface area (Å²) in [6.07, 6.45) is -4.56. The van der Waals surface area contributed by atoms with Gasteiger partial charge in [-0.3, -0.25) is 0 Å². The first kappa shape index (κ1) is 18.6. The summed E-state index contributed by atoms with van der Waals surface area (Å²) in [5.41, 5.74) is 2.66. The van der Waals surface area contributed by atoms with Crippen LogP contribution in [0.2, 0.25) is 0 Å². The van der Waals surface area contributed by atoms with E-state index in [0.29, 0.717) is 16.8 Å². The first-order valence-electron chi connectivity index (χ1n) is 9.46. The maximum absolute atomic E-state index is 14.2. The van der Waals surface area contributed by atoms with Crippen LogP contribution in [0.15, 0.2) is 84.9 Å². The lowest BCUT2D eigenvalue weighted by molar-refractivity contribution is -0.138. The summed E-state index contributed by atoms with van der Waals surface area (Å²) in [4.78, 5) is 4.62. The number of alkyl halides is 3. The summed E-state index contributed by atoms with van der Waals surface area (Å²) >= 11 is 0. The van der Waals surface area contributed by atoms with Gasteiger partial charge in [-0.25, -0.2) is 9.37 Å². The SMILES string of the molecule is Fc1ccc(-c2cc(C(F)(F)F)c3c(n2)-c2ccccc2C3c2ccccc2)cc1. The Labute approximate surface area is 170 Å². The van der Waals surface area contributed by atoms with Gasteiger partial charge in [-0.2, -0.15) is 13.2 Å². The van der Waals surface area contributed by atoms with Gasteiger partial charge in [0.25, 0.3) is 0 Å². The highest BCUT2D eigenvalue weighted by molar-refractivity contribution is 5.81. The zero-order chi connectivity index (χ0) is 20.9. The van der Waals surface area contributed by atoms with Crippen molar-refractivity contribution in [3.8, 4) is 22.5 Å². The number of fused-ring (bicyclic) bond motifs is 3. The third-order valence-corrected chi connectivity index (χ3v) is 5.45. The highest BCUT2D eigenvalue weighted by Gasteiger charge is 2.42. The lowest BCUT2D eigenvalue weighted by Crippen LogP contribution is -2.13. The number of benzene rings is 3. The van der Waals surface area contributed by atoms with Crippen molar-refractivity contribution < 1.29 is 17.6 Å². The minimum absolute atomic E-state index is 0.167. The van der Waals surface area contributed by atoms with Gasteiger partial charge in [0.15, 0.2) is 0 Å². The number of hydrogen-bond acceptors (Lipinski definition) is 1. The van der Waals surface area contributed by atoms with Crippen LogP contribution in [0.3, 0.4) is 0 Å². The van der Waals surface area contributed by atoms with E-state index >= 15 is 0 Å². The van der Waals surface area contributed by atoms with Crippen LogP contribution in [-0.4, -0.2) is 4.98 Å². The molecule has 0 N–H and O–H groups in total. The van der Waals surface area contributed by atoms with Crippen molar-refractivity contribution in [1.29, 1.82) is 0 Å². The summed E-state index contributed by atoms with van der Waals surface area (Å²) in [5.74, 6) is -1.01. The van der Waals surface area contributed by atoms with Crippen molar-refractivity contribution in [3.63, 3.8) is 0 Å². The van der Waals surface area contributed by atoms with Gasteiger partial charge in [0.2, 0.25) is 0 Å². The van der Waals surface area contributed by atoms with E-state index in [2.05, 4.69) is 4.98 Å². The summed E-state index contributed by atoms with van der Waals surface area (Å²) < 4.78 is 56.0. The molecule has 1 aromatic heterocycles. The van der Waals surface area contributed by atoms with Crippen LogP contribution in [0.5, 0.6) is 0 Å². The molecule has 1 unspecified atom stereocenters. The van der Waals surface area contributed by atoms with Gasteiger partial charge in [0, 0.05) is 22.6 Å². The molecule has 148 valence electrons. The summed E-state index contributed by atoms with van der Waals surface area (Å²) in [5, 5.41) is 0. The third kappa shape index (κ3) is 2.98. The largest absolute Gasteiger partial charge is 0.416 e. The molecule has 1 aliphatic carbocycles. The predicted octanol–water partition coefficient (Wildman–Crippen LogP) is 7.07. The molecule has 0 saturated heterocycles. The van der Waals surface area contributed by atoms with Crippen LogP contribution in [0, 0.1) is 5.82 Å².